The van der Waals surface area contributed by atoms with Gasteiger partial charge < -0.3 is 9.84 Å². The predicted octanol–water partition coefficient (Wildman–Crippen LogP) is 4.22. The van der Waals surface area contributed by atoms with E-state index in [9.17, 15) is 0 Å². The van der Waals surface area contributed by atoms with Crippen molar-refractivity contribution in [2.45, 2.75) is 25.9 Å². The number of hydrogen-bond donors (Lipinski definition) is 1. The van der Waals surface area contributed by atoms with Crippen LogP contribution in [-0.4, -0.2) is 5.16 Å². The Bertz CT molecular complexity index is 500. The smallest absolute Gasteiger partial charge is 0.124 e. The maximum absolute atomic E-state index is 6.21. The Kier molecular flexibility index (Phi) is 4.64. The fraction of sp³-hybridized carbons (Fsp3) is 0.308. The molecule has 1 aromatic carbocycles. The largest absolute Gasteiger partial charge is 0.364 e. The lowest BCUT2D eigenvalue weighted by molar-refractivity contribution is 0.403. The van der Waals surface area contributed by atoms with Gasteiger partial charge in [0.25, 0.3) is 0 Å². The third kappa shape index (κ3) is 3.25. The van der Waals surface area contributed by atoms with Gasteiger partial charge in [0.05, 0.1) is 5.69 Å². The Balaban J connectivity index is 2.08. The number of rotatable bonds is 5. The minimum atomic E-state index is 0.173. The van der Waals surface area contributed by atoms with E-state index in [0.717, 1.165) is 17.7 Å². The topological polar surface area (TPSA) is 38.1 Å². The average molecular weight is 285 g/mol. The molecule has 0 fully saturated rings. The van der Waals surface area contributed by atoms with E-state index in [1.165, 1.54) is 0 Å². The van der Waals surface area contributed by atoms with Crippen molar-refractivity contribution in [2.24, 2.45) is 0 Å². The second-order valence-corrected chi connectivity index (χ2v) is 4.84. The molecular weight excluding hydrogens is 271 g/mol. The highest BCUT2D eigenvalue weighted by atomic mass is 35.5. The lowest BCUT2D eigenvalue weighted by Gasteiger charge is -2.18. The molecule has 0 spiro atoms. The van der Waals surface area contributed by atoms with Gasteiger partial charge in [-0.2, -0.15) is 0 Å². The Morgan fingerprint density at radius 1 is 1.33 bits per heavy atom. The lowest BCUT2D eigenvalue weighted by Crippen LogP contribution is -2.20. The molecule has 1 heterocycles. The molecule has 0 bridgehead atoms. The molecule has 0 saturated heterocycles. The summed E-state index contributed by atoms with van der Waals surface area (Å²) >= 11 is 12.1. The van der Waals surface area contributed by atoms with Gasteiger partial charge in [-0.15, -0.1) is 0 Å². The van der Waals surface area contributed by atoms with Gasteiger partial charge >= 0.3 is 0 Å². The first kappa shape index (κ1) is 13.4. The summed E-state index contributed by atoms with van der Waals surface area (Å²) in [4.78, 5) is 0. The minimum Gasteiger partial charge on any atom is -0.364 e. The molecule has 0 saturated carbocycles. The van der Waals surface area contributed by atoms with Gasteiger partial charge in [-0.1, -0.05) is 41.3 Å². The highest BCUT2D eigenvalue weighted by Crippen LogP contribution is 2.28. The van der Waals surface area contributed by atoms with Gasteiger partial charge in [-0.05, 0) is 24.1 Å². The number of hydrogen-bond acceptors (Lipinski definition) is 3. The molecule has 1 atom stereocenters. The van der Waals surface area contributed by atoms with Crippen molar-refractivity contribution >= 4 is 23.2 Å². The molecule has 2 rings (SSSR count). The van der Waals surface area contributed by atoms with E-state index in [-0.39, 0.29) is 6.04 Å². The Hall–Kier alpha value is -1.03. The Labute approximate surface area is 116 Å². The average Bonchev–Trinajstić information content (AvgIpc) is 2.85. The summed E-state index contributed by atoms with van der Waals surface area (Å²) in [5, 5.41) is 8.59. The maximum Gasteiger partial charge on any atom is 0.124 e. The monoisotopic (exact) mass is 284 g/mol. The van der Waals surface area contributed by atoms with Crippen LogP contribution >= 0.6 is 23.2 Å². The van der Waals surface area contributed by atoms with Gasteiger partial charge in [0.15, 0.2) is 0 Å². The van der Waals surface area contributed by atoms with E-state index >= 15 is 0 Å². The van der Waals surface area contributed by atoms with E-state index in [0.29, 0.717) is 16.6 Å². The summed E-state index contributed by atoms with van der Waals surface area (Å²) in [6.45, 7) is 2.75. The van der Waals surface area contributed by atoms with Crippen molar-refractivity contribution in [2.75, 3.05) is 0 Å². The molecule has 1 N–H and O–H groups in total. The van der Waals surface area contributed by atoms with Crippen molar-refractivity contribution in [3.05, 3.63) is 51.8 Å². The fourth-order valence-electron chi connectivity index (χ4n) is 1.81. The summed E-state index contributed by atoms with van der Waals surface area (Å²) in [6.07, 6.45) is 2.49. The molecule has 96 valence electrons. The van der Waals surface area contributed by atoms with Crippen LogP contribution in [0.25, 0.3) is 0 Å². The molecule has 0 amide bonds. The molecule has 2 aromatic rings. The van der Waals surface area contributed by atoms with Crippen molar-refractivity contribution in [1.82, 2.24) is 10.5 Å². The number of benzene rings is 1. The van der Waals surface area contributed by atoms with Crippen LogP contribution in [0.4, 0.5) is 0 Å². The first-order valence-electron chi connectivity index (χ1n) is 5.78. The Morgan fingerprint density at radius 3 is 2.78 bits per heavy atom. The molecule has 0 radical (unpaired) electrons. The molecule has 1 unspecified atom stereocenters. The fourth-order valence-corrected chi connectivity index (χ4v) is 2.36. The third-order valence-corrected chi connectivity index (χ3v) is 3.33. The molecule has 0 aliphatic rings. The quantitative estimate of drug-likeness (QED) is 0.893. The van der Waals surface area contributed by atoms with Crippen molar-refractivity contribution in [3.63, 3.8) is 0 Å². The summed E-state index contributed by atoms with van der Waals surface area (Å²) in [7, 11) is 0. The number of nitrogens with zero attached hydrogens (tertiary/aromatic N) is 1. The van der Waals surface area contributed by atoms with Crippen molar-refractivity contribution in [1.29, 1.82) is 0 Å². The lowest BCUT2D eigenvalue weighted by atomic mass is 10.0. The first-order valence-corrected chi connectivity index (χ1v) is 6.54. The SMILES string of the molecule is CCC(NCc1ccon1)c1ccc(Cl)cc1Cl. The van der Waals surface area contributed by atoms with E-state index in [4.69, 9.17) is 27.7 Å². The minimum absolute atomic E-state index is 0.173. The van der Waals surface area contributed by atoms with E-state index < -0.39 is 0 Å². The van der Waals surface area contributed by atoms with Crippen molar-refractivity contribution in [3.8, 4) is 0 Å². The van der Waals surface area contributed by atoms with Crippen LogP contribution in [-0.2, 0) is 6.54 Å². The van der Waals surface area contributed by atoms with Crippen molar-refractivity contribution < 1.29 is 4.52 Å². The summed E-state index contributed by atoms with van der Waals surface area (Å²) in [5.74, 6) is 0. The molecule has 18 heavy (non-hydrogen) atoms. The number of aromatic nitrogens is 1. The third-order valence-electron chi connectivity index (χ3n) is 2.77. The second kappa shape index (κ2) is 6.23. The highest BCUT2D eigenvalue weighted by molar-refractivity contribution is 6.35. The first-order chi connectivity index (χ1) is 8.70. The predicted molar refractivity (Wildman–Crippen MR) is 72.8 cm³/mol. The summed E-state index contributed by atoms with van der Waals surface area (Å²) in [5.41, 5.74) is 1.92. The summed E-state index contributed by atoms with van der Waals surface area (Å²) < 4.78 is 4.79. The van der Waals surface area contributed by atoms with Gasteiger partial charge in [0, 0.05) is 28.7 Å². The van der Waals surface area contributed by atoms with Crippen LogP contribution in [0.15, 0.2) is 35.1 Å². The second-order valence-electron chi connectivity index (χ2n) is 4.00. The van der Waals surface area contributed by atoms with Crippen LogP contribution in [0, 0.1) is 0 Å². The van der Waals surface area contributed by atoms with Gasteiger partial charge in [0.2, 0.25) is 0 Å². The standard InChI is InChI=1S/C13H14Cl2N2O/c1-2-13(16-8-10-5-6-18-17-10)11-4-3-9(14)7-12(11)15/h3-7,13,16H,2,8H2,1H3. The normalized spacial score (nSPS) is 12.6. The molecular formula is C13H14Cl2N2O. The summed E-state index contributed by atoms with van der Waals surface area (Å²) in [6, 6.07) is 7.58. The van der Waals surface area contributed by atoms with E-state index in [2.05, 4.69) is 17.4 Å². The van der Waals surface area contributed by atoms with Crippen LogP contribution in [0.5, 0.6) is 0 Å². The molecule has 1 aromatic heterocycles. The molecule has 0 aliphatic heterocycles. The molecule has 3 nitrogen and oxygen atoms in total. The molecule has 5 heteroatoms. The zero-order chi connectivity index (χ0) is 13.0. The van der Waals surface area contributed by atoms with Crippen LogP contribution in [0.3, 0.4) is 0 Å². The van der Waals surface area contributed by atoms with E-state index in [1.807, 2.05) is 18.2 Å². The molecule has 0 aliphatic carbocycles. The zero-order valence-electron chi connectivity index (χ0n) is 9.99. The van der Waals surface area contributed by atoms with Gasteiger partial charge in [-0.3, -0.25) is 0 Å². The highest BCUT2D eigenvalue weighted by Gasteiger charge is 2.13. The van der Waals surface area contributed by atoms with E-state index in [1.54, 1.807) is 12.3 Å². The van der Waals surface area contributed by atoms with Crippen LogP contribution in [0.2, 0.25) is 10.0 Å². The zero-order valence-corrected chi connectivity index (χ0v) is 11.5. The van der Waals surface area contributed by atoms with Crippen LogP contribution in [0.1, 0.15) is 30.6 Å². The van der Waals surface area contributed by atoms with Gasteiger partial charge in [-0.25, -0.2) is 0 Å². The maximum atomic E-state index is 6.21. The van der Waals surface area contributed by atoms with Crippen LogP contribution < -0.4 is 5.32 Å². The van der Waals surface area contributed by atoms with Gasteiger partial charge in [0.1, 0.15) is 6.26 Å². The Morgan fingerprint density at radius 2 is 2.17 bits per heavy atom. The number of nitrogens with one attached hydrogen (secondary N) is 1. The number of halogens is 2.